The van der Waals surface area contributed by atoms with Gasteiger partial charge in [-0.1, -0.05) is 12.1 Å². The first-order chi connectivity index (χ1) is 11.8. The van der Waals surface area contributed by atoms with Crippen LogP contribution in [0.5, 0.6) is 5.75 Å². The maximum absolute atomic E-state index is 5.77. The molecule has 1 saturated carbocycles. The fourth-order valence-electron chi connectivity index (χ4n) is 3.26. The second-order valence-corrected chi connectivity index (χ2v) is 6.43. The molecule has 1 aromatic carbocycles. The third-order valence-electron chi connectivity index (χ3n) is 4.70. The zero-order valence-corrected chi connectivity index (χ0v) is 14.1. The smallest absolute Gasteiger partial charge is 0.165 e. The Labute approximate surface area is 142 Å². The van der Waals surface area contributed by atoms with Crippen LogP contribution < -0.4 is 9.64 Å². The van der Waals surface area contributed by atoms with Crippen molar-refractivity contribution in [2.45, 2.75) is 32.4 Å². The molecule has 1 aromatic heterocycles. The van der Waals surface area contributed by atoms with Crippen LogP contribution in [0.15, 0.2) is 24.3 Å². The number of hydrogen-bond donors (Lipinski definition) is 0. The molecule has 2 fully saturated rings. The summed E-state index contributed by atoms with van der Waals surface area (Å²) in [4.78, 5) is 4.84. The van der Waals surface area contributed by atoms with Gasteiger partial charge < -0.3 is 9.64 Å². The highest BCUT2D eigenvalue weighted by Crippen LogP contribution is 2.34. The van der Waals surface area contributed by atoms with E-state index in [4.69, 9.17) is 4.74 Å². The molecule has 1 aliphatic heterocycles. The van der Waals surface area contributed by atoms with E-state index < -0.39 is 0 Å². The average molecular weight is 328 g/mol. The Hall–Kier alpha value is -2.15. The van der Waals surface area contributed by atoms with Gasteiger partial charge in [0.15, 0.2) is 5.82 Å². The number of benzene rings is 1. The fraction of sp³-hybridized carbons (Fsp3) is 0.588. The van der Waals surface area contributed by atoms with Gasteiger partial charge in [0.05, 0.1) is 24.9 Å². The van der Waals surface area contributed by atoms with Crippen LogP contribution in [0.1, 0.15) is 31.6 Å². The van der Waals surface area contributed by atoms with Crippen LogP contribution in [-0.2, 0) is 6.54 Å². The summed E-state index contributed by atoms with van der Waals surface area (Å²) >= 11 is 0. The maximum atomic E-state index is 5.77. The molecular weight excluding hydrogens is 304 g/mol. The lowest BCUT2D eigenvalue weighted by Crippen LogP contribution is -2.46. The van der Waals surface area contributed by atoms with Crippen LogP contribution >= 0.6 is 0 Å². The lowest BCUT2D eigenvalue weighted by atomic mass is 10.2. The molecule has 2 aliphatic rings. The molecule has 128 valence electrons. The Morgan fingerprint density at radius 1 is 1.12 bits per heavy atom. The molecule has 7 nitrogen and oxygen atoms in total. The van der Waals surface area contributed by atoms with E-state index in [0.717, 1.165) is 44.3 Å². The molecule has 1 saturated heterocycles. The third kappa shape index (κ3) is 3.21. The summed E-state index contributed by atoms with van der Waals surface area (Å²) < 4.78 is 7.78. The molecular formula is C17H24N6O. The quantitative estimate of drug-likeness (QED) is 0.805. The van der Waals surface area contributed by atoms with Gasteiger partial charge in [0.2, 0.25) is 0 Å². The van der Waals surface area contributed by atoms with Crippen molar-refractivity contribution in [1.82, 2.24) is 25.1 Å². The SMILES string of the molecule is CCOc1ccccc1N1CCN(Cc2nnnn2C2CC2)CC1. The molecule has 0 unspecified atom stereocenters. The highest BCUT2D eigenvalue weighted by molar-refractivity contribution is 5.58. The van der Waals surface area contributed by atoms with Crippen LogP contribution in [0.3, 0.4) is 0 Å². The van der Waals surface area contributed by atoms with E-state index in [1.54, 1.807) is 0 Å². The van der Waals surface area contributed by atoms with Crippen LogP contribution in [0.4, 0.5) is 5.69 Å². The summed E-state index contributed by atoms with van der Waals surface area (Å²) in [5.74, 6) is 1.98. The molecule has 2 heterocycles. The number of ether oxygens (including phenoxy) is 1. The van der Waals surface area contributed by atoms with Crippen LogP contribution in [-0.4, -0.2) is 57.9 Å². The van der Waals surface area contributed by atoms with E-state index in [2.05, 4.69) is 43.5 Å². The van der Waals surface area contributed by atoms with Crippen molar-refractivity contribution < 1.29 is 4.74 Å². The van der Waals surface area contributed by atoms with Crippen molar-refractivity contribution in [3.05, 3.63) is 30.1 Å². The first-order valence-corrected chi connectivity index (χ1v) is 8.81. The fourth-order valence-corrected chi connectivity index (χ4v) is 3.26. The number of tetrazole rings is 1. The van der Waals surface area contributed by atoms with Crippen molar-refractivity contribution >= 4 is 5.69 Å². The molecule has 4 rings (SSSR count). The minimum atomic E-state index is 0.536. The molecule has 0 bridgehead atoms. The van der Waals surface area contributed by atoms with Crippen molar-refractivity contribution in [3.63, 3.8) is 0 Å². The minimum Gasteiger partial charge on any atom is -0.492 e. The molecule has 1 aliphatic carbocycles. The number of anilines is 1. The van der Waals surface area contributed by atoms with E-state index in [-0.39, 0.29) is 0 Å². The normalized spacial score (nSPS) is 18.8. The van der Waals surface area contributed by atoms with Crippen molar-refractivity contribution in [2.75, 3.05) is 37.7 Å². The molecule has 0 amide bonds. The number of hydrogen-bond acceptors (Lipinski definition) is 6. The monoisotopic (exact) mass is 328 g/mol. The predicted molar refractivity (Wildman–Crippen MR) is 91.2 cm³/mol. The summed E-state index contributed by atoms with van der Waals surface area (Å²) in [6.07, 6.45) is 2.42. The van der Waals surface area contributed by atoms with Crippen LogP contribution in [0.2, 0.25) is 0 Å². The zero-order valence-electron chi connectivity index (χ0n) is 14.1. The zero-order chi connectivity index (χ0) is 16.4. The topological polar surface area (TPSA) is 59.3 Å². The molecule has 24 heavy (non-hydrogen) atoms. The average Bonchev–Trinajstić information content (AvgIpc) is 3.36. The van der Waals surface area contributed by atoms with Gasteiger partial charge in [0.25, 0.3) is 0 Å². The van der Waals surface area contributed by atoms with E-state index in [0.29, 0.717) is 12.6 Å². The minimum absolute atomic E-state index is 0.536. The number of nitrogens with zero attached hydrogens (tertiary/aromatic N) is 6. The third-order valence-corrected chi connectivity index (χ3v) is 4.70. The summed E-state index contributed by atoms with van der Waals surface area (Å²) in [5, 5.41) is 12.2. The molecule has 0 atom stereocenters. The van der Waals surface area contributed by atoms with Crippen LogP contribution in [0, 0.1) is 0 Å². The Bertz CT molecular complexity index is 675. The van der Waals surface area contributed by atoms with Gasteiger partial charge in [-0.2, -0.15) is 0 Å². The van der Waals surface area contributed by atoms with E-state index in [1.807, 2.05) is 17.7 Å². The number of aromatic nitrogens is 4. The predicted octanol–water partition coefficient (Wildman–Crippen LogP) is 1.73. The number of rotatable bonds is 6. The Morgan fingerprint density at radius 2 is 1.92 bits per heavy atom. The number of piperazine rings is 1. The Morgan fingerprint density at radius 3 is 2.67 bits per heavy atom. The Balaban J connectivity index is 1.37. The standard InChI is InChI=1S/C17H24N6O/c1-2-24-16-6-4-3-5-15(16)22-11-9-21(10-12-22)13-17-18-19-20-23(17)14-7-8-14/h3-6,14H,2,7-13H2,1H3. The summed E-state index contributed by atoms with van der Waals surface area (Å²) in [7, 11) is 0. The molecule has 0 N–H and O–H groups in total. The molecule has 2 aromatic rings. The lowest BCUT2D eigenvalue weighted by molar-refractivity contribution is 0.238. The van der Waals surface area contributed by atoms with Gasteiger partial charge in [-0.15, -0.1) is 5.10 Å². The highest BCUT2D eigenvalue weighted by Gasteiger charge is 2.29. The number of para-hydroxylation sites is 2. The van der Waals surface area contributed by atoms with E-state index in [9.17, 15) is 0 Å². The highest BCUT2D eigenvalue weighted by atomic mass is 16.5. The van der Waals surface area contributed by atoms with Gasteiger partial charge in [-0.3, -0.25) is 4.90 Å². The molecule has 0 radical (unpaired) electrons. The Kier molecular flexibility index (Phi) is 4.34. The van der Waals surface area contributed by atoms with E-state index >= 15 is 0 Å². The molecule has 7 heteroatoms. The van der Waals surface area contributed by atoms with Crippen molar-refractivity contribution in [3.8, 4) is 5.75 Å². The largest absolute Gasteiger partial charge is 0.492 e. The van der Waals surface area contributed by atoms with Gasteiger partial charge in [-0.25, -0.2) is 4.68 Å². The first-order valence-electron chi connectivity index (χ1n) is 8.81. The van der Waals surface area contributed by atoms with Crippen LogP contribution in [0.25, 0.3) is 0 Å². The van der Waals surface area contributed by atoms with Gasteiger partial charge in [0, 0.05) is 26.2 Å². The first kappa shape index (κ1) is 15.4. The summed E-state index contributed by atoms with van der Waals surface area (Å²) in [6.45, 7) is 7.57. The van der Waals surface area contributed by atoms with Crippen molar-refractivity contribution in [1.29, 1.82) is 0 Å². The second-order valence-electron chi connectivity index (χ2n) is 6.43. The van der Waals surface area contributed by atoms with E-state index in [1.165, 1.54) is 18.5 Å². The second kappa shape index (κ2) is 6.76. The summed E-state index contributed by atoms with van der Waals surface area (Å²) in [6, 6.07) is 8.84. The van der Waals surface area contributed by atoms with Crippen molar-refractivity contribution in [2.24, 2.45) is 0 Å². The van der Waals surface area contributed by atoms with Gasteiger partial charge in [-0.05, 0) is 42.3 Å². The molecule has 0 spiro atoms. The van der Waals surface area contributed by atoms with Gasteiger partial charge in [0.1, 0.15) is 5.75 Å². The van der Waals surface area contributed by atoms with Gasteiger partial charge >= 0.3 is 0 Å². The lowest BCUT2D eigenvalue weighted by Gasteiger charge is -2.36. The maximum Gasteiger partial charge on any atom is 0.165 e. The summed E-state index contributed by atoms with van der Waals surface area (Å²) in [5.41, 5.74) is 1.20.